The summed E-state index contributed by atoms with van der Waals surface area (Å²) in [6.07, 6.45) is 0. The minimum atomic E-state index is 0.449. The van der Waals surface area contributed by atoms with E-state index in [-0.39, 0.29) is 0 Å². The number of aliphatic imine (C=N–C) groups is 1. The van der Waals surface area contributed by atoms with E-state index in [1.807, 2.05) is 72.8 Å². The first-order valence-corrected chi connectivity index (χ1v) is 8.18. The molecule has 0 atom stereocenters. The summed E-state index contributed by atoms with van der Waals surface area (Å²) in [6, 6.07) is 25.4. The third-order valence-electron chi connectivity index (χ3n) is 4.15. The van der Waals surface area contributed by atoms with Gasteiger partial charge >= 0.3 is 0 Å². The molecule has 0 aliphatic rings. The molecule has 0 aliphatic heterocycles. The van der Waals surface area contributed by atoms with Crippen molar-refractivity contribution in [1.82, 2.24) is 0 Å². The molecule has 3 aromatic carbocycles. The van der Waals surface area contributed by atoms with Crippen LogP contribution < -0.4 is 0 Å². The molecule has 0 fully saturated rings. The van der Waals surface area contributed by atoms with E-state index in [1.165, 1.54) is 11.1 Å². The Labute approximate surface area is 148 Å². The Morgan fingerprint density at radius 1 is 0.680 bits per heavy atom. The maximum absolute atomic E-state index is 9.70. The largest absolute Gasteiger partial charge is 0.410 e. The molecule has 0 unspecified atom stereocenters. The summed E-state index contributed by atoms with van der Waals surface area (Å²) in [6.45, 7) is 4.14. The van der Waals surface area contributed by atoms with Gasteiger partial charge in [-0.2, -0.15) is 0 Å². The molecular formula is C22H20N2O. The molecule has 0 aliphatic carbocycles. The highest BCUT2D eigenvalue weighted by molar-refractivity contribution is 6.53. The van der Waals surface area contributed by atoms with Gasteiger partial charge in [0.05, 0.1) is 5.69 Å². The summed E-state index contributed by atoms with van der Waals surface area (Å²) in [4.78, 5) is 4.80. The van der Waals surface area contributed by atoms with Crippen molar-refractivity contribution in [3.63, 3.8) is 0 Å². The van der Waals surface area contributed by atoms with Gasteiger partial charge in [0.15, 0.2) is 0 Å². The van der Waals surface area contributed by atoms with Gasteiger partial charge in [0.2, 0.25) is 0 Å². The number of nitrogens with zero attached hydrogens (tertiary/aromatic N) is 2. The lowest BCUT2D eigenvalue weighted by atomic mass is 9.99. The fraction of sp³-hybridized carbons (Fsp3) is 0.0909. The van der Waals surface area contributed by atoms with Gasteiger partial charge in [-0.25, -0.2) is 4.99 Å². The van der Waals surface area contributed by atoms with E-state index in [4.69, 9.17) is 4.99 Å². The first-order chi connectivity index (χ1) is 12.2. The zero-order valence-electron chi connectivity index (χ0n) is 14.3. The number of hydrogen-bond donors (Lipinski definition) is 1. The van der Waals surface area contributed by atoms with Gasteiger partial charge in [-0.15, -0.1) is 0 Å². The van der Waals surface area contributed by atoms with Gasteiger partial charge in [-0.1, -0.05) is 71.9 Å². The topological polar surface area (TPSA) is 45.0 Å². The summed E-state index contributed by atoms with van der Waals surface area (Å²) in [7, 11) is 0. The minimum absolute atomic E-state index is 0.449. The molecule has 0 aromatic heterocycles. The second kappa shape index (κ2) is 7.58. The maximum Gasteiger partial charge on any atom is 0.136 e. The van der Waals surface area contributed by atoms with E-state index < -0.39 is 0 Å². The standard InChI is InChI=1S/C22H20N2O/c1-16-13-14-20(15-17(16)2)23-21(18-9-5-3-6-10-18)22(24-25)19-11-7-4-8-12-19/h3-15,25H,1-2H3/b23-21?,24-22-. The highest BCUT2D eigenvalue weighted by Crippen LogP contribution is 2.20. The molecule has 0 amide bonds. The first-order valence-electron chi connectivity index (χ1n) is 8.18. The Morgan fingerprint density at radius 2 is 1.24 bits per heavy atom. The molecule has 0 spiro atoms. The number of aryl methyl sites for hydroxylation is 2. The summed E-state index contributed by atoms with van der Waals surface area (Å²) < 4.78 is 0. The van der Waals surface area contributed by atoms with E-state index in [0.717, 1.165) is 16.8 Å². The Morgan fingerprint density at radius 3 is 1.76 bits per heavy atom. The molecule has 25 heavy (non-hydrogen) atoms. The predicted octanol–water partition coefficient (Wildman–Crippen LogP) is 5.30. The average Bonchev–Trinajstić information content (AvgIpc) is 2.66. The fourth-order valence-corrected chi connectivity index (χ4v) is 2.61. The van der Waals surface area contributed by atoms with E-state index in [0.29, 0.717) is 11.4 Å². The van der Waals surface area contributed by atoms with Crippen molar-refractivity contribution in [3.8, 4) is 0 Å². The lowest BCUT2D eigenvalue weighted by molar-refractivity contribution is 0.320. The smallest absolute Gasteiger partial charge is 0.136 e. The molecular weight excluding hydrogens is 308 g/mol. The van der Waals surface area contributed by atoms with Crippen LogP contribution in [-0.2, 0) is 0 Å². The second-order valence-corrected chi connectivity index (χ2v) is 5.91. The number of rotatable bonds is 4. The molecule has 3 rings (SSSR count). The number of benzene rings is 3. The number of hydrogen-bond acceptors (Lipinski definition) is 3. The van der Waals surface area contributed by atoms with Gasteiger partial charge < -0.3 is 5.21 Å². The van der Waals surface area contributed by atoms with E-state index in [1.54, 1.807) is 0 Å². The zero-order chi connectivity index (χ0) is 17.6. The Hall–Kier alpha value is -3.20. The van der Waals surface area contributed by atoms with E-state index >= 15 is 0 Å². The van der Waals surface area contributed by atoms with Gasteiger partial charge in [-0.05, 0) is 37.1 Å². The molecule has 3 nitrogen and oxygen atoms in total. The zero-order valence-corrected chi connectivity index (χ0v) is 14.3. The monoisotopic (exact) mass is 328 g/mol. The molecule has 0 saturated heterocycles. The summed E-state index contributed by atoms with van der Waals surface area (Å²) in [5.41, 5.74) is 6.03. The van der Waals surface area contributed by atoms with Gasteiger partial charge in [0.25, 0.3) is 0 Å². The molecule has 0 heterocycles. The highest BCUT2D eigenvalue weighted by atomic mass is 16.4. The van der Waals surface area contributed by atoms with Crippen molar-refractivity contribution < 1.29 is 5.21 Å². The van der Waals surface area contributed by atoms with Gasteiger partial charge in [0, 0.05) is 11.1 Å². The van der Waals surface area contributed by atoms with Crippen LogP contribution in [0.1, 0.15) is 22.3 Å². The van der Waals surface area contributed by atoms with Crippen LogP contribution in [0.25, 0.3) is 0 Å². The molecule has 124 valence electrons. The molecule has 3 heteroatoms. The quantitative estimate of drug-likeness (QED) is 0.394. The highest BCUT2D eigenvalue weighted by Gasteiger charge is 2.15. The maximum atomic E-state index is 9.70. The van der Waals surface area contributed by atoms with Crippen LogP contribution in [-0.4, -0.2) is 16.6 Å². The Kier molecular flexibility index (Phi) is 5.05. The molecule has 3 aromatic rings. The normalized spacial score (nSPS) is 12.2. The SMILES string of the molecule is Cc1ccc(N=C(/C(=N\O)c2ccccc2)c2ccccc2)cc1C. The lowest BCUT2D eigenvalue weighted by Gasteiger charge is -2.10. The molecule has 0 saturated carbocycles. The van der Waals surface area contributed by atoms with Crippen molar-refractivity contribution in [3.05, 3.63) is 101 Å². The van der Waals surface area contributed by atoms with Crippen molar-refractivity contribution in [2.75, 3.05) is 0 Å². The van der Waals surface area contributed by atoms with Crippen molar-refractivity contribution in [2.24, 2.45) is 10.1 Å². The van der Waals surface area contributed by atoms with Crippen LogP contribution in [0, 0.1) is 13.8 Å². The third-order valence-corrected chi connectivity index (χ3v) is 4.15. The molecule has 0 bridgehead atoms. The summed E-state index contributed by atoms with van der Waals surface area (Å²) in [5.74, 6) is 0. The van der Waals surface area contributed by atoms with Crippen LogP contribution in [0.4, 0.5) is 5.69 Å². The first kappa shape index (κ1) is 16.7. The lowest BCUT2D eigenvalue weighted by Crippen LogP contribution is -2.17. The van der Waals surface area contributed by atoms with Gasteiger partial charge in [-0.3, -0.25) is 0 Å². The molecule has 1 N–H and O–H groups in total. The van der Waals surface area contributed by atoms with E-state index in [2.05, 4.69) is 25.1 Å². The minimum Gasteiger partial charge on any atom is -0.410 e. The third kappa shape index (κ3) is 3.83. The van der Waals surface area contributed by atoms with Crippen molar-refractivity contribution >= 4 is 17.1 Å². The fourth-order valence-electron chi connectivity index (χ4n) is 2.61. The van der Waals surface area contributed by atoms with Crippen LogP contribution >= 0.6 is 0 Å². The van der Waals surface area contributed by atoms with Crippen LogP contribution in [0.2, 0.25) is 0 Å². The van der Waals surface area contributed by atoms with Crippen molar-refractivity contribution in [2.45, 2.75) is 13.8 Å². The second-order valence-electron chi connectivity index (χ2n) is 5.91. The summed E-state index contributed by atoms with van der Waals surface area (Å²) >= 11 is 0. The predicted molar refractivity (Wildman–Crippen MR) is 103 cm³/mol. The number of oxime groups is 1. The summed E-state index contributed by atoms with van der Waals surface area (Å²) in [5, 5.41) is 13.3. The Bertz CT molecular complexity index is 913. The Balaban J connectivity index is 2.16. The van der Waals surface area contributed by atoms with Crippen LogP contribution in [0.3, 0.4) is 0 Å². The average molecular weight is 328 g/mol. The van der Waals surface area contributed by atoms with Crippen LogP contribution in [0.5, 0.6) is 0 Å². The molecule has 0 radical (unpaired) electrons. The van der Waals surface area contributed by atoms with Crippen molar-refractivity contribution in [1.29, 1.82) is 0 Å². The van der Waals surface area contributed by atoms with Crippen LogP contribution in [0.15, 0.2) is 89.0 Å². The van der Waals surface area contributed by atoms with E-state index in [9.17, 15) is 5.21 Å². The van der Waals surface area contributed by atoms with Gasteiger partial charge in [0.1, 0.15) is 11.4 Å².